The predicted molar refractivity (Wildman–Crippen MR) is 97.8 cm³/mol. The molecule has 0 fully saturated rings. The molecule has 0 unspecified atom stereocenters. The lowest BCUT2D eigenvalue weighted by Gasteiger charge is -2.26. The Kier molecular flexibility index (Phi) is 4.31. The lowest BCUT2D eigenvalue weighted by molar-refractivity contribution is 0.0767. The van der Waals surface area contributed by atoms with E-state index < -0.39 is 0 Å². The summed E-state index contributed by atoms with van der Waals surface area (Å²) in [6.45, 7) is 1.24. The second-order valence-corrected chi connectivity index (χ2v) is 6.10. The fourth-order valence-electron chi connectivity index (χ4n) is 3.07. The van der Waals surface area contributed by atoms with E-state index in [4.69, 9.17) is 9.15 Å². The van der Waals surface area contributed by atoms with Gasteiger partial charge in [-0.25, -0.2) is 0 Å². The fraction of sp³-hybridized carbons (Fsp3) is 0.200. The van der Waals surface area contributed by atoms with E-state index in [9.17, 15) is 4.79 Å². The molecule has 0 saturated heterocycles. The molecule has 0 radical (unpaired) electrons. The van der Waals surface area contributed by atoms with Crippen molar-refractivity contribution in [3.8, 4) is 17.2 Å². The monoisotopic (exact) mass is 349 g/mol. The number of nitrogens with one attached hydrogen (secondary N) is 1. The Morgan fingerprint density at radius 1 is 1.27 bits per heavy atom. The number of aromatic amines is 1. The molecule has 1 aliphatic rings. The number of hydrogen-bond acceptors (Lipinski definition) is 4. The number of rotatable bonds is 4. The van der Waals surface area contributed by atoms with Crippen LogP contribution in [0.4, 0.5) is 0 Å². The second kappa shape index (κ2) is 6.92. The van der Waals surface area contributed by atoms with Crippen LogP contribution in [0.15, 0.2) is 59.2 Å². The number of nitrogens with zero attached hydrogens (tertiary/aromatic N) is 2. The normalized spacial score (nSPS) is 14.2. The highest BCUT2D eigenvalue weighted by Gasteiger charge is 2.22. The third kappa shape index (κ3) is 3.13. The molecule has 1 aromatic carbocycles. The molecule has 1 amide bonds. The van der Waals surface area contributed by atoms with Crippen LogP contribution in [0.3, 0.4) is 0 Å². The predicted octanol–water partition coefficient (Wildman–Crippen LogP) is 3.61. The molecule has 0 atom stereocenters. The van der Waals surface area contributed by atoms with Gasteiger partial charge in [0.15, 0.2) is 11.5 Å². The van der Waals surface area contributed by atoms with Crippen LogP contribution in [-0.4, -0.2) is 41.2 Å². The van der Waals surface area contributed by atoms with Gasteiger partial charge in [-0.3, -0.25) is 9.89 Å². The van der Waals surface area contributed by atoms with Gasteiger partial charge in [0.05, 0.1) is 13.4 Å². The van der Waals surface area contributed by atoms with Crippen molar-refractivity contribution < 1.29 is 13.9 Å². The van der Waals surface area contributed by atoms with Crippen molar-refractivity contribution in [3.63, 3.8) is 0 Å². The molecule has 0 saturated carbocycles. The maximum atomic E-state index is 12.7. The van der Waals surface area contributed by atoms with E-state index in [0.717, 1.165) is 17.7 Å². The van der Waals surface area contributed by atoms with Crippen molar-refractivity contribution in [1.29, 1.82) is 0 Å². The van der Waals surface area contributed by atoms with Crippen LogP contribution in [0.5, 0.6) is 5.75 Å². The molecule has 6 nitrogen and oxygen atoms in total. The van der Waals surface area contributed by atoms with Crippen molar-refractivity contribution in [2.45, 2.75) is 6.42 Å². The van der Waals surface area contributed by atoms with Crippen molar-refractivity contribution in [2.24, 2.45) is 0 Å². The molecule has 26 heavy (non-hydrogen) atoms. The number of H-pyrrole nitrogens is 1. The molecule has 6 heteroatoms. The van der Waals surface area contributed by atoms with Gasteiger partial charge < -0.3 is 14.1 Å². The lowest BCUT2D eigenvalue weighted by atomic mass is 9.99. The highest BCUT2D eigenvalue weighted by molar-refractivity contribution is 5.93. The first kappa shape index (κ1) is 16.2. The van der Waals surface area contributed by atoms with Crippen molar-refractivity contribution in [3.05, 3.63) is 66.1 Å². The minimum Gasteiger partial charge on any atom is -0.497 e. The Balaban J connectivity index is 1.45. The van der Waals surface area contributed by atoms with Gasteiger partial charge in [0, 0.05) is 19.2 Å². The number of ether oxygens (including phenoxy) is 1. The molecule has 1 N–H and O–H groups in total. The first-order valence-corrected chi connectivity index (χ1v) is 8.46. The number of hydrogen-bond donors (Lipinski definition) is 1. The number of amides is 1. The molecular weight excluding hydrogens is 330 g/mol. The minimum atomic E-state index is -0.0795. The molecule has 2 aromatic heterocycles. The summed E-state index contributed by atoms with van der Waals surface area (Å²) in [6.07, 6.45) is 4.50. The van der Waals surface area contributed by atoms with Gasteiger partial charge in [-0.1, -0.05) is 18.2 Å². The highest BCUT2D eigenvalue weighted by atomic mass is 16.5. The number of carbonyl (C=O) groups is 1. The van der Waals surface area contributed by atoms with Crippen LogP contribution in [0, 0.1) is 0 Å². The average Bonchev–Trinajstić information content (AvgIpc) is 3.39. The summed E-state index contributed by atoms with van der Waals surface area (Å²) in [5.41, 5.74) is 3.51. The van der Waals surface area contributed by atoms with Crippen molar-refractivity contribution in [2.75, 3.05) is 20.2 Å². The maximum Gasteiger partial charge on any atom is 0.274 e. The molecule has 3 heterocycles. The summed E-state index contributed by atoms with van der Waals surface area (Å²) >= 11 is 0. The van der Waals surface area contributed by atoms with E-state index in [1.807, 2.05) is 30.3 Å². The van der Waals surface area contributed by atoms with Crippen LogP contribution in [0.2, 0.25) is 0 Å². The zero-order valence-electron chi connectivity index (χ0n) is 14.4. The highest BCUT2D eigenvalue weighted by Crippen LogP contribution is 2.25. The smallest absolute Gasteiger partial charge is 0.274 e. The van der Waals surface area contributed by atoms with Crippen LogP contribution in [0.25, 0.3) is 17.0 Å². The Morgan fingerprint density at radius 2 is 2.12 bits per heavy atom. The molecule has 0 spiro atoms. The molecule has 3 aromatic rings. The Bertz CT molecular complexity index is 924. The van der Waals surface area contributed by atoms with Crippen LogP contribution >= 0.6 is 0 Å². The van der Waals surface area contributed by atoms with E-state index in [2.05, 4.69) is 16.3 Å². The quantitative estimate of drug-likeness (QED) is 0.781. The lowest BCUT2D eigenvalue weighted by Crippen LogP contribution is -2.34. The topological polar surface area (TPSA) is 71.4 Å². The summed E-state index contributed by atoms with van der Waals surface area (Å²) in [7, 11) is 1.66. The summed E-state index contributed by atoms with van der Waals surface area (Å²) < 4.78 is 10.5. The Hall–Kier alpha value is -3.28. The third-order valence-corrected chi connectivity index (χ3v) is 4.54. The largest absolute Gasteiger partial charge is 0.497 e. The fourth-order valence-corrected chi connectivity index (χ4v) is 3.07. The summed E-state index contributed by atoms with van der Waals surface area (Å²) in [5.74, 6) is 1.42. The zero-order chi connectivity index (χ0) is 17.9. The van der Waals surface area contributed by atoms with Gasteiger partial charge in [0.1, 0.15) is 11.4 Å². The number of methoxy groups -OCH3 is 1. The SMILES string of the molecule is COc1ccc(C2=CCN(C(=O)c3cc(-c4ccco4)[nH]n3)CC2)cc1. The van der Waals surface area contributed by atoms with Gasteiger partial charge >= 0.3 is 0 Å². The number of benzene rings is 1. The number of furan rings is 1. The average molecular weight is 349 g/mol. The molecule has 132 valence electrons. The third-order valence-electron chi connectivity index (χ3n) is 4.54. The van der Waals surface area contributed by atoms with E-state index >= 15 is 0 Å². The Morgan fingerprint density at radius 3 is 2.77 bits per heavy atom. The van der Waals surface area contributed by atoms with E-state index in [1.165, 1.54) is 5.57 Å². The summed E-state index contributed by atoms with van der Waals surface area (Å²) in [5, 5.41) is 6.99. The summed E-state index contributed by atoms with van der Waals surface area (Å²) in [4.78, 5) is 14.5. The maximum absolute atomic E-state index is 12.7. The van der Waals surface area contributed by atoms with Gasteiger partial charge in [0.2, 0.25) is 0 Å². The molecule has 1 aliphatic heterocycles. The van der Waals surface area contributed by atoms with E-state index in [0.29, 0.717) is 30.2 Å². The second-order valence-electron chi connectivity index (χ2n) is 6.10. The van der Waals surface area contributed by atoms with Gasteiger partial charge in [-0.05, 0) is 41.8 Å². The van der Waals surface area contributed by atoms with E-state index in [-0.39, 0.29) is 5.91 Å². The van der Waals surface area contributed by atoms with E-state index in [1.54, 1.807) is 30.4 Å². The molecule has 0 bridgehead atoms. The first-order valence-electron chi connectivity index (χ1n) is 8.46. The van der Waals surface area contributed by atoms with Crippen LogP contribution in [-0.2, 0) is 0 Å². The number of carbonyl (C=O) groups excluding carboxylic acids is 1. The molecule has 4 rings (SSSR count). The van der Waals surface area contributed by atoms with Crippen molar-refractivity contribution >= 4 is 11.5 Å². The van der Waals surface area contributed by atoms with Gasteiger partial charge in [-0.2, -0.15) is 5.10 Å². The van der Waals surface area contributed by atoms with Crippen LogP contribution in [0.1, 0.15) is 22.5 Å². The van der Waals surface area contributed by atoms with Gasteiger partial charge in [0.25, 0.3) is 5.91 Å². The number of aromatic nitrogens is 2. The zero-order valence-corrected chi connectivity index (χ0v) is 14.4. The van der Waals surface area contributed by atoms with Crippen molar-refractivity contribution in [1.82, 2.24) is 15.1 Å². The molecule has 0 aliphatic carbocycles. The molecular formula is C20H19N3O3. The van der Waals surface area contributed by atoms with Gasteiger partial charge in [-0.15, -0.1) is 0 Å². The standard InChI is InChI=1S/C20H19N3O3/c1-25-16-6-4-14(5-7-16)15-8-10-23(11-9-15)20(24)18-13-17(21-22-18)19-3-2-12-26-19/h2-8,12-13H,9-11H2,1H3,(H,21,22). The van der Waals surface area contributed by atoms with Crippen LogP contribution < -0.4 is 4.74 Å². The Labute approximate surface area is 151 Å². The minimum absolute atomic E-state index is 0.0795. The first-order chi connectivity index (χ1) is 12.7. The summed E-state index contributed by atoms with van der Waals surface area (Å²) in [6, 6.07) is 13.3.